The third kappa shape index (κ3) is 2.07. The number of rotatable bonds is 3. The number of esters is 1. The van der Waals surface area contributed by atoms with Crippen LogP contribution in [0, 0.1) is 22.7 Å². The summed E-state index contributed by atoms with van der Waals surface area (Å²) in [7, 11) is 0. The predicted octanol–water partition coefficient (Wildman–Crippen LogP) is 3.35. The molecule has 0 heterocycles. The van der Waals surface area contributed by atoms with Crippen molar-refractivity contribution in [3.63, 3.8) is 0 Å². The summed E-state index contributed by atoms with van der Waals surface area (Å²) in [5.41, 5.74) is -0.848. The molecule has 108 valence electrons. The summed E-state index contributed by atoms with van der Waals surface area (Å²) in [6.07, 6.45) is 3.45. The standard InChI is InChI=1S/C15H23BrO3/c1-4-19-13(18)15(3)11-6-5-10(9-16)14(11,2)8-7-12(15)17/h10-11H,4-9H2,1-3H3. The molecule has 2 aliphatic rings. The quantitative estimate of drug-likeness (QED) is 0.452. The van der Waals surface area contributed by atoms with Gasteiger partial charge in [0.2, 0.25) is 0 Å². The van der Waals surface area contributed by atoms with E-state index in [0.29, 0.717) is 18.9 Å². The monoisotopic (exact) mass is 330 g/mol. The fourth-order valence-electron chi connectivity index (χ4n) is 4.27. The summed E-state index contributed by atoms with van der Waals surface area (Å²) in [4.78, 5) is 24.8. The predicted molar refractivity (Wildman–Crippen MR) is 77.1 cm³/mol. The fourth-order valence-corrected chi connectivity index (χ4v) is 5.33. The van der Waals surface area contributed by atoms with Gasteiger partial charge >= 0.3 is 5.97 Å². The molecule has 3 nitrogen and oxygen atoms in total. The molecule has 19 heavy (non-hydrogen) atoms. The van der Waals surface area contributed by atoms with Gasteiger partial charge in [0.25, 0.3) is 0 Å². The molecular formula is C15H23BrO3. The summed E-state index contributed by atoms with van der Waals surface area (Å²) in [5.74, 6) is 0.442. The highest BCUT2D eigenvalue weighted by Crippen LogP contribution is 2.61. The molecule has 0 radical (unpaired) electrons. The summed E-state index contributed by atoms with van der Waals surface area (Å²) >= 11 is 3.59. The molecule has 4 unspecified atom stereocenters. The third-order valence-electron chi connectivity index (χ3n) is 5.59. The lowest BCUT2D eigenvalue weighted by Gasteiger charge is -2.48. The zero-order chi connectivity index (χ0) is 14.3. The van der Waals surface area contributed by atoms with E-state index in [1.165, 1.54) is 0 Å². The van der Waals surface area contributed by atoms with Gasteiger partial charge in [0.05, 0.1) is 6.61 Å². The van der Waals surface area contributed by atoms with Crippen molar-refractivity contribution in [3.05, 3.63) is 0 Å². The van der Waals surface area contributed by atoms with Gasteiger partial charge in [-0.15, -0.1) is 0 Å². The lowest BCUT2D eigenvalue weighted by atomic mass is 9.55. The topological polar surface area (TPSA) is 43.4 Å². The van der Waals surface area contributed by atoms with E-state index in [4.69, 9.17) is 4.74 Å². The maximum Gasteiger partial charge on any atom is 0.319 e. The van der Waals surface area contributed by atoms with Crippen molar-refractivity contribution < 1.29 is 14.3 Å². The van der Waals surface area contributed by atoms with Gasteiger partial charge in [0.1, 0.15) is 11.2 Å². The molecule has 0 aromatic heterocycles. The van der Waals surface area contributed by atoms with E-state index in [-0.39, 0.29) is 23.1 Å². The Hall–Kier alpha value is -0.380. The second-order valence-corrected chi connectivity index (χ2v) is 6.98. The van der Waals surface area contributed by atoms with Gasteiger partial charge in [-0.2, -0.15) is 0 Å². The molecule has 0 saturated heterocycles. The smallest absolute Gasteiger partial charge is 0.319 e. The first-order valence-corrected chi connectivity index (χ1v) is 8.29. The van der Waals surface area contributed by atoms with Crippen molar-refractivity contribution in [2.45, 2.75) is 46.5 Å². The molecule has 4 atom stereocenters. The van der Waals surface area contributed by atoms with E-state index in [1.807, 2.05) is 6.92 Å². The summed E-state index contributed by atoms with van der Waals surface area (Å²) in [6, 6.07) is 0. The molecule has 0 aromatic carbocycles. The highest BCUT2D eigenvalue weighted by atomic mass is 79.9. The van der Waals surface area contributed by atoms with Crippen LogP contribution in [0.1, 0.15) is 46.5 Å². The second kappa shape index (κ2) is 5.19. The second-order valence-electron chi connectivity index (χ2n) is 6.33. The first kappa shape index (κ1) is 15.0. The van der Waals surface area contributed by atoms with Gasteiger partial charge < -0.3 is 4.74 Å². The largest absolute Gasteiger partial charge is 0.465 e. The number of alkyl halides is 1. The summed E-state index contributed by atoms with van der Waals surface area (Å²) in [6.45, 7) is 6.20. The Morgan fingerprint density at radius 3 is 2.68 bits per heavy atom. The van der Waals surface area contributed by atoms with Gasteiger partial charge in [-0.25, -0.2) is 0 Å². The van der Waals surface area contributed by atoms with Crippen molar-refractivity contribution in [1.82, 2.24) is 0 Å². The van der Waals surface area contributed by atoms with Crippen molar-refractivity contribution in [3.8, 4) is 0 Å². The Labute approximate surface area is 123 Å². The lowest BCUT2D eigenvalue weighted by Crippen LogP contribution is -2.53. The lowest BCUT2D eigenvalue weighted by molar-refractivity contribution is -0.170. The zero-order valence-electron chi connectivity index (χ0n) is 12.0. The molecule has 0 spiro atoms. The number of fused-ring (bicyclic) bond motifs is 1. The van der Waals surface area contributed by atoms with Crippen LogP contribution < -0.4 is 0 Å². The molecule has 2 rings (SSSR count). The third-order valence-corrected chi connectivity index (χ3v) is 6.37. The van der Waals surface area contributed by atoms with Gasteiger partial charge in [-0.1, -0.05) is 22.9 Å². The average molecular weight is 331 g/mol. The minimum absolute atomic E-state index is 0.0728. The Balaban J connectivity index is 2.37. The Morgan fingerprint density at radius 2 is 2.11 bits per heavy atom. The van der Waals surface area contributed by atoms with Crippen LogP contribution in [0.5, 0.6) is 0 Å². The maximum atomic E-state index is 12.4. The number of ketones is 1. The van der Waals surface area contributed by atoms with Crippen LogP contribution in [0.3, 0.4) is 0 Å². The number of ether oxygens (including phenoxy) is 1. The first-order chi connectivity index (χ1) is 8.91. The SMILES string of the molecule is CCOC(=O)C1(C)C(=O)CCC2(C)C(CBr)CCC12. The van der Waals surface area contributed by atoms with E-state index in [1.54, 1.807) is 6.92 Å². The molecule has 0 aromatic rings. The van der Waals surface area contributed by atoms with Gasteiger partial charge in [-0.3, -0.25) is 9.59 Å². The highest BCUT2D eigenvalue weighted by molar-refractivity contribution is 9.09. The average Bonchev–Trinajstić information content (AvgIpc) is 2.72. The molecule has 2 fully saturated rings. The highest BCUT2D eigenvalue weighted by Gasteiger charge is 2.62. The van der Waals surface area contributed by atoms with E-state index >= 15 is 0 Å². The van der Waals surface area contributed by atoms with Crippen molar-refractivity contribution >= 4 is 27.7 Å². The Morgan fingerprint density at radius 1 is 1.42 bits per heavy atom. The number of carbonyl (C=O) groups excluding carboxylic acids is 2. The van der Waals surface area contributed by atoms with E-state index in [9.17, 15) is 9.59 Å². The van der Waals surface area contributed by atoms with Gasteiger partial charge in [0.15, 0.2) is 0 Å². The van der Waals surface area contributed by atoms with E-state index < -0.39 is 5.41 Å². The number of carbonyl (C=O) groups is 2. The van der Waals surface area contributed by atoms with Crippen LogP contribution in [0.4, 0.5) is 0 Å². The van der Waals surface area contributed by atoms with Crippen LogP contribution >= 0.6 is 15.9 Å². The fraction of sp³-hybridized carbons (Fsp3) is 0.867. The zero-order valence-corrected chi connectivity index (χ0v) is 13.6. The minimum Gasteiger partial charge on any atom is -0.465 e. The number of halogens is 1. The van der Waals surface area contributed by atoms with Crippen molar-refractivity contribution in [2.75, 3.05) is 11.9 Å². The molecule has 0 aliphatic heterocycles. The van der Waals surface area contributed by atoms with Crippen molar-refractivity contribution in [1.29, 1.82) is 0 Å². The minimum atomic E-state index is -0.931. The molecular weight excluding hydrogens is 308 g/mol. The number of Topliss-reactive ketones (excluding diaryl/α,β-unsaturated/α-hetero) is 1. The maximum absolute atomic E-state index is 12.4. The van der Waals surface area contributed by atoms with Gasteiger partial charge in [-0.05, 0) is 50.4 Å². The summed E-state index contributed by atoms with van der Waals surface area (Å²) in [5, 5.41) is 0.951. The van der Waals surface area contributed by atoms with Crippen molar-refractivity contribution in [2.24, 2.45) is 22.7 Å². The van der Waals surface area contributed by atoms with E-state index in [0.717, 1.165) is 24.6 Å². The van der Waals surface area contributed by atoms with Crippen LogP contribution in [-0.2, 0) is 14.3 Å². The molecule has 0 N–H and O–H groups in total. The normalized spacial score (nSPS) is 42.0. The van der Waals surface area contributed by atoms with E-state index in [2.05, 4.69) is 22.9 Å². The van der Waals surface area contributed by atoms with Crippen LogP contribution in [-0.4, -0.2) is 23.7 Å². The molecule has 0 amide bonds. The van der Waals surface area contributed by atoms with Gasteiger partial charge in [0, 0.05) is 11.8 Å². The molecule has 2 saturated carbocycles. The first-order valence-electron chi connectivity index (χ1n) is 7.17. The molecule has 2 aliphatic carbocycles. The Bertz CT molecular complexity index is 395. The molecule has 4 heteroatoms. The number of hydrogen-bond acceptors (Lipinski definition) is 3. The Kier molecular flexibility index (Phi) is 4.10. The molecule has 0 bridgehead atoms. The van der Waals surface area contributed by atoms with Crippen LogP contribution in [0.25, 0.3) is 0 Å². The summed E-state index contributed by atoms with van der Waals surface area (Å²) < 4.78 is 5.21. The van der Waals surface area contributed by atoms with Crippen LogP contribution in [0.15, 0.2) is 0 Å². The number of hydrogen-bond donors (Lipinski definition) is 0. The van der Waals surface area contributed by atoms with Crippen LogP contribution in [0.2, 0.25) is 0 Å².